The lowest BCUT2D eigenvalue weighted by molar-refractivity contribution is -0.140. The summed E-state index contributed by atoms with van der Waals surface area (Å²) < 4.78 is 10.8. The Bertz CT molecular complexity index is 969. The van der Waals surface area contributed by atoms with Crippen molar-refractivity contribution in [3.8, 4) is 5.75 Å². The van der Waals surface area contributed by atoms with E-state index in [-0.39, 0.29) is 30.6 Å². The predicted molar refractivity (Wildman–Crippen MR) is 112 cm³/mol. The molecule has 1 atom stereocenters. The van der Waals surface area contributed by atoms with Crippen LogP contribution in [0.15, 0.2) is 48.3 Å². The summed E-state index contributed by atoms with van der Waals surface area (Å²) in [4.78, 5) is 31.1. The molecule has 3 rings (SSSR count). The maximum Gasteiger partial charge on any atom is 0.295 e. The molecule has 7 nitrogen and oxygen atoms in total. The second-order valence-electron chi connectivity index (χ2n) is 7.42. The third-order valence-corrected chi connectivity index (χ3v) is 4.89. The summed E-state index contributed by atoms with van der Waals surface area (Å²) in [7, 11) is 1.53. The van der Waals surface area contributed by atoms with E-state index >= 15 is 0 Å². The van der Waals surface area contributed by atoms with Gasteiger partial charge in [0.25, 0.3) is 11.7 Å². The van der Waals surface area contributed by atoms with Gasteiger partial charge in [0.15, 0.2) is 0 Å². The standard InChI is InChI=1S/C23H26N2O5/c1-14(2)30-18-8-7-16(12-15(18)3)21(26)19-20(17-6-5-9-24-13-17)25(10-11-29-4)23(28)22(19)27/h5-9,12-14,20,26H,10-11H2,1-4H3. The molecule has 2 heterocycles. The van der Waals surface area contributed by atoms with Gasteiger partial charge in [0, 0.05) is 31.6 Å². The van der Waals surface area contributed by atoms with Crippen molar-refractivity contribution in [2.24, 2.45) is 0 Å². The highest BCUT2D eigenvalue weighted by Gasteiger charge is 2.46. The van der Waals surface area contributed by atoms with Gasteiger partial charge in [-0.1, -0.05) is 6.07 Å². The van der Waals surface area contributed by atoms with E-state index < -0.39 is 17.7 Å². The van der Waals surface area contributed by atoms with Gasteiger partial charge in [0.2, 0.25) is 0 Å². The number of ketones is 1. The van der Waals surface area contributed by atoms with Gasteiger partial charge in [-0.3, -0.25) is 14.6 Å². The highest BCUT2D eigenvalue weighted by molar-refractivity contribution is 6.46. The number of hydrogen-bond donors (Lipinski definition) is 1. The van der Waals surface area contributed by atoms with E-state index in [1.54, 1.807) is 42.7 Å². The molecule has 2 aromatic rings. The maximum atomic E-state index is 12.9. The van der Waals surface area contributed by atoms with Crippen LogP contribution in [-0.4, -0.2) is 53.0 Å². The molecule has 0 spiro atoms. The summed E-state index contributed by atoms with van der Waals surface area (Å²) in [5.74, 6) is -0.913. The third-order valence-electron chi connectivity index (χ3n) is 4.89. The van der Waals surface area contributed by atoms with Crippen molar-refractivity contribution in [3.63, 3.8) is 0 Å². The molecule has 0 aliphatic carbocycles. The first-order valence-electron chi connectivity index (χ1n) is 9.80. The Morgan fingerprint density at radius 1 is 1.27 bits per heavy atom. The number of aryl methyl sites for hydroxylation is 1. The van der Waals surface area contributed by atoms with Crippen molar-refractivity contribution in [2.75, 3.05) is 20.3 Å². The number of amides is 1. The van der Waals surface area contributed by atoms with E-state index in [1.165, 1.54) is 12.0 Å². The SMILES string of the molecule is COCCN1C(=O)C(=O)C(=C(O)c2ccc(OC(C)C)c(C)c2)C1c1cccnc1. The zero-order valence-electron chi connectivity index (χ0n) is 17.6. The van der Waals surface area contributed by atoms with E-state index in [4.69, 9.17) is 9.47 Å². The Morgan fingerprint density at radius 2 is 2.03 bits per heavy atom. The van der Waals surface area contributed by atoms with Crippen LogP contribution in [-0.2, 0) is 14.3 Å². The molecule has 1 unspecified atom stereocenters. The number of rotatable bonds is 7. The van der Waals surface area contributed by atoms with Crippen molar-refractivity contribution < 1.29 is 24.2 Å². The molecule has 7 heteroatoms. The second-order valence-corrected chi connectivity index (χ2v) is 7.42. The molecule has 1 aromatic carbocycles. The number of pyridine rings is 1. The van der Waals surface area contributed by atoms with Crippen molar-refractivity contribution >= 4 is 17.4 Å². The Morgan fingerprint density at radius 3 is 2.63 bits per heavy atom. The van der Waals surface area contributed by atoms with Crippen LogP contribution in [0.2, 0.25) is 0 Å². The summed E-state index contributed by atoms with van der Waals surface area (Å²) >= 11 is 0. The first kappa shape index (κ1) is 21.5. The molecular formula is C23H26N2O5. The van der Waals surface area contributed by atoms with Gasteiger partial charge in [-0.25, -0.2) is 0 Å². The lowest BCUT2D eigenvalue weighted by Crippen LogP contribution is -2.32. The average Bonchev–Trinajstić information content (AvgIpc) is 2.98. The molecule has 0 bridgehead atoms. The number of benzene rings is 1. The lowest BCUT2D eigenvalue weighted by Gasteiger charge is -2.24. The Kier molecular flexibility index (Phi) is 6.52. The van der Waals surface area contributed by atoms with Crippen LogP contribution < -0.4 is 4.74 Å². The molecule has 1 aliphatic heterocycles. The molecular weight excluding hydrogens is 384 g/mol. The lowest BCUT2D eigenvalue weighted by atomic mass is 9.95. The van der Waals surface area contributed by atoms with Crippen LogP contribution in [0, 0.1) is 6.92 Å². The number of hydrogen-bond acceptors (Lipinski definition) is 6. The summed E-state index contributed by atoms with van der Waals surface area (Å²) in [6, 6.07) is 7.96. The molecule has 0 saturated carbocycles. The van der Waals surface area contributed by atoms with E-state index in [0.717, 1.165) is 5.56 Å². The highest BCUT2D eigenvalue weighted by atomic mass is 16.5. The Balaban J connectivity index is 2.10. The van der Waals surface area contributed by atoms with Crippen molar-refractivity contribution in [1.29, 1.82) is 0 Å². The number of methoxy groups -OCH3 is 1. The van der Waals surface area contributed by atoms with E-state index in [0.29, 0.717) is 16.9 Å². The summed E-state index contributed by atoms with van der Waals surface area (Å²) in [6.07, 6.45) is 3.22. The quantitative estimate of drug-likeness (QED) is 0.428. The minimum absolute atomic E-state index is 0.0137. The molecule has 30 heavy (non-hydrogen) atoms. The molecule has 1 N–H and O–H groups in total. The van der Waals surface area contributed by atoms with Gasteiger partial charge in [0.1, 0.15) is 11.5 Å². The van der Waals surface area contributed by atoms with Gasteiger partial charge >= 0.3 is 0 Å². The summed E-state index contributed by atoms with van der Waals surface area (Å²) in [6.45, 7) is 6.22. The average molecular weight is 410 g/mol. The highest BCUT2D eigenvalue weighted by Crippen LogP contribution is 2.39. The molecule has 0 radical (unpaired) electrons. The largest absolute Gasteiger partial charge is 0.507 e. The maximum absolute atomic E-state index is 12.9. The third kappa shape index (κ3) is 4.21. The van der Waals surface area contributed by atoms with Crippen LogP contribution >= 0.6 is 0 Å². The smallest absolute Gasteiger partial charge is 0.295 e. The predicted octanol–water partition coefficient (Wildman–Crippen LogP) is 3.25. The molecule has 1 saturated heterocycles. The van der Waals surface area contributed by atoms with E-state index in [2.05, 4.69) is 4.98 Å². The molecule has 1 fully saturated rings. The minimum Gasteiger partial charge on any atom is -0.507 e. The van der Waals surface area contributed by atoms with Gasteiger partial charge in [0.05, 0.1) is 24.3 Å². The fourth-order valence-electron chi connectivity index (χ4n) is 3.52. The van der Waals surface area contributed by atoms with Crippen molar-refractivity contribution in [3.05, 3.63) is 65.0 Å². The number of ether oxygens (including phenoxy) is 2. The van der Waals surface area contributed by atoms with Gasteiger partial charge in [-0.05, 0) is 56.2 Å². The molecule has 158 valence electrons. The van der Waals surface area contributed by atoms with Gasteiger partial charge < -0.3 is 19.5 Å². The fourth-order valence-corrected chi connectivity index (χ4v) is 3.52. The topological polar surface area (TPSA) is 89.0 Å². The van der Waals surface area contributed by atoms with Crippen molar-refractivity contribution in [2.45, 2.75) is 32.9 Å². The van der Waals surface area contributed by atoms with Gasteiger partial charge in [-0.2, -0.15) is 0 Å². The van der Waals surface area contributed by atoms with Crippen LogP contribution in [0.1, 0.15) is 36.6 Å². The minimum atomic E-state index is -0.735. The zero-order chi connectivity index (χ0) is 21.8. The fraction of sp³-hybridized carbons (Fsp3) is 0.348. The number of aliphatic hydroxyl groups excluding tert-OH is 1. The number of Topliss-reactive ketones (excluding diaryl/α,β-unsaturated/α-hetero) is 1. The number of aromatic nitrogens is 1. The normalized spacial score (nSPS) is 18.3. The molecule has 1 aromatic heterocycles. The van der Waals surface area contributed by atoms with Crippen LogP contribution in [0.5, 0.6) is 5.75 Å². The monoisotopic (exact) mass is 410 g/mol. The number of aliphatic hydroxyl groups is 1. The number of carbonyl (C=O) groups excluding carboxylic acids is 2. The Hall–Kier alpha value is -3.19. The van der Waals surface area contributed by atoms with Gasteiger partial charge in [-0.15, -0.1) is 0 Å². The Labute approximate surface area is 175 Å². The summed E-state index contributed by atoms with van der Waals surface area (Å²) in [5, 5.41) is 11.1. The number of carbonyl (C=O) groups is 2. The zero-order valence-corrected chi connectivity index (χ0v) is 17.6. The van der Waals surface area contributed by atoms with Crippen LogP contribution in [0.25, 0.3) is 5.76 Å². The van der Waals surface area contributed by atoms with E-state index in [9.17, 15) is 14.7 Å². The summed E-state index contributed by atoms with van der Waals surface area (Å²) in [5.41, 5.74) is 1.95. The number of likely N-dealkylation sites (tertiary alicyclic amines) is 1. The van der Waals surface area contributed by atoms with Crippen LogP contribution in [0.3, 0.4) is 0 Å². The second kappa shape index (κ2) is 9.09. The first-order chi connectivity index (χ1) is 14.3. The number of nitrogens with zero attached hydrogens (tertiary/aromatic N) is 2. The van der Waals surface area contributed by atoms with Crippen LogP contribution in [0.4, 0.5) is 0 Å². The van der Waals surface area contributed by atoms with Crippen molar-refractivity contribution in [1.82, 2.24) is 9.88 Å². The van der Waals surface area contributed by atoms with E-state index in [1.807, 2.05) is 20.8 Å². The molecule has 1 amide bonds. The first-order valence-corrected chi connectivity index (χ1v) is 9.80. The molecule has 1 aliphatic rings.